The van der Waals surface area contributed by atoms with E-state index in [2.05, 4.69) is 26.4 Å². The van der Waals surface area contributed by atoms with Crippen molar-refractivity contribution in [3.63, 3.8) is 0 Å². The minimum atomic E-state index is -0.130. The molecule has 1 aliphatic carbocycles. The smallest absolute Gasteiger partial charge is 0.258 e. The number of allylic oxidation sites excluding steroid dienone is 1. The van der Waals surface area contributed by atoms with Gasteiger partial charge in [0.15, 0.2) is 0 Å². The van der Waals surface area contributed by atoms with Crippen molar-refractivity contribution in [2.75, 3.05) is 36.9 Å². The van der Waals surface area contributed by atoms with Crippen LogP contribution in [0.15, 0.2) is 59.4 Å². The largest absolute Gasteiger partial charge is 0.394 e. The zero-order valence-corrected chi connectivity index (χ0v) is 16.4. The van der Waals surface area contributed by atoms with Crippen LogP contribution in [0.2, 0.25) is 0 Å². The minimum Gasteiger partial charge on any atom is -0.394 e. The van der Waals surface area contributed by atoms with E-state index < -0.39 is 0 Å². The van der Waals surface area contributed by atoms with E-state index >= 15 is 0 Å². The molecule has 3 atom stereocenters. The summed E-state index contributed by atoms with van der Waals surface area (Å²) in [4.78, 5) is 18.4. The number of anilines is 2. The summed E-state index contributed by atoms with van der Waals surface area (Å²) in [5, 5.41) is 17.7. The fraction of sp³-hybridized carbons (Fsp3) is 0.304. The number of hydrogen-bond donors (Lipinski definition) is 4. The highest BCUT2D eigenvalue weighted by Gasteiger charge is 2.52. The summed E-state index contributed by atoms with van der Waals surface area (Å²) in [6.07, 6.45) is 0. The predicted molar refractivity (Wildman–Crippen MR) is 116 cm³/mol. The first kappa shape index (κ1) is 17.7. The first-order valence-electron chi connectivity index (χ1n) is 10.5. The first-order chi connectivity index (χ1) is 14.8. The molecule has 0 radical (unpaired) electrons. The van der Waals surface area contributed by atoms with Crippen LogP contribution in [-0.4, -0.2) is 43.9 Å². The molecule has 0 aromatic heterocycles. The molecule has 0 spiro atoms. The second-order valence-electron chi connectivity index (χ2n) is 8.16. The van der Waals surface area contributed by atoms with Crippen LogP contribution in [0.3, 0.4) is 0 Å². The number of amides is 1. The number of hydrogen-bond acceptors (Lipinski definition) is 6. The summed E-state index contributed by atoms with van der Waals surface area (Å²) in [7, 11) is 0. The third-order valence-electron chi connectivity index (χ3n) is 6.42. The van der Waals surface area contributed by atoms with Gasteiger partial charge in [-0.1, -0.05) is 41.6 Å². The molecule has 3 aliphatic heterocycles. The lowest BCUT2D eigenvalue weighted by Crippen LogP contribution is -2.29. The Labute approximate surface area is 174 Å². The number of carbonyl (C=O) groups is 1. The van der Waals surface area contributed by atoms with Gasteiger partial charge >= 0.3 is 0 Å². The zero-order valence-electron chi connectivity index (χ0n) is 16.4. The Kier molecular flexibility index (Phi) is 4.11. The van der Waals surface area contributed by atoms with Gasteiger partial charge in [-0.3, -0.25) is 4.79 Å². The quantitative estimate of drug-likeness (QED) is 0.350. The molecule has 4 aliphatic rings. The maximum absolute atomic E-state index is 12.7. The first-order valence-corrected chi connectivity index (χ1v) is 10.5. The molecule has 0 unspecified atom stereocenters. The van der Waals surface area contributed by atoms with Crippen LogP contribution in [0.5, 0.6) is 0 Å². The van der Waals surface area contributed by atoms with Crippen molar-refractivity contribution in [1.82, 2.24) is 10.6 Å². The zero-order chi connectivity index (χ0) is 20.1. The molecule has 7 nitrogen and oxygen atoms in total. The van der Waals surface area contributed by atoms with Crippen molar-refractivity contribution < 1.29 is 9.63 Å². The minimum absolute atomic E-state index is 0.130. The molecule has 3 heterocycles. The maximum Gasteiger partial charge on any atom is 0.258 e. The Morgan fingerprint density at radius 1 is 0.967 bits per heavy atom. The molecule has 1 saturated heterocycles. The number of nitrogens with one attached hydrogen (secondary N) is 4. The van der Waals surface area contributed by atoms with E-state index in [0.29, 0.717) is 29.6 Å². The standard InChI is InChI=1S/C23H23N5O2/c29-23-19(13-5-1-3-7-17(13)27-23)22-21(14-6-2-4-8-18(14)26-22)28-30-10-9-25-20-15-11-24-12-16(15)20/h1-8,15-16,20,24-26H,9-12H2,(H,27,29)/b22-19-,28-21+/t15-,16+,20-. The Hall–Kier alpha value is -3.16. The molecule has 152 valence electrons. The molecule has 2 aromatic rings. The van der Waals surface area contributed by atoms with Crippen molar-refractivity contribution >= 4 is 28.6 Å². The number of para-hydroxylation sites is 2. The maximum atomic E-state index is 12.7. The van der Waals surface area contributed by atoms with Crippen molar-refractivity contribution in [1.29, 1.82) is 0 Å². The van der Waals surface area contributed by atoms with E-state index in [1.165, 1.54) is 0 Å². The van der Waals surface area contributed by atoms with Crippen molar-refractivity contribution in [3.8, 4) is 0 Å². The fourth-order valence-corrected chi connectivity index (χ4v) is 4.87. The molecule has 30 heavy (non-hydrogen) atoms. The van der Waals surface area contributed by atoms with Gasteiger partial charge in [0.05, 0.1) is 11.3 Å². The second kappa shape index (κ2) is 6.97. The van der Waals surface area contributed by atoms with Gasteiger partial charge in [0, 0.05) is 35.1 Å². The van der Waals surface area contributed by atoms with E-state index in [4.69, 9.17) is 4.84 Å². The van der Waals surface area contributed by atoms with Gasteiger partial charge in [0.25, 0.3) is 5.91 Å². The van der Waals surface area contributed by atoms with Crippen LogP contribution in [0.1, 0.15) is 11.1 Å². The molecule has 0 bridgehead atoms. The highest BCUT2D eigenvalue weighted by Crippen LogP contribution is 2.41. The summed E-state index contributed by atoms with van der Waals surface area (Å²) >= 11 is 0. The lowest BCUT2D eigenvalue weighted by molar-refractivity contribution is -0.110. The molecule has 6 rings (SSSR count). The molecule has 1 saturated carbocycles. The predicted octanol–water partition coefficient (Wildman–Crippen LogP) is 2.00. The Morgan fingerprint density at radius 2 is 1.67 bits per heavy atom. The van der Waals surface area contributed by atoms with Crippen molar-refractivity contribution in [2.45, 2.75) is 6.04 Å². The monoisotopic (exact) mass is 401 g/mol. The van der Waals surface area contributed by atoms with Gasteiger partial charge in [0.2, 0.25) is 0 Å². The van der Waals surface area contributed by atoms with E-state index in [1.807, 2.05) is 48.5 Å². The Morgan fingerprint density at radius 3 is 2.47 bits per heavy atom. The number of nitrogens with zero attached hydrogens (tertiary/aromatic N) is 1. The molecule has 2 aromatic carbocycles. The average molecular weight is 401 g/mol. The van der Waals surface area contributed by atoms with Crippen LogP contribution in [0, 0.1) is 11.8 Å². The fourth-order valence-electron chi connectivity index (χ4n) is 4.87. The summed E-state index contributed by atoms with van der Waals surface area (Å²) < 4.78 is 0. The van der Waals surface area contributed by atoms with Crippen LogP contribution in [0.25, 0.3) is 5.57 Å². The summed E-state index contributed by atoms with van der Waals surface area (Å²) in [6, 6.07) is 16.2. The second-order valence-corrected chi connectivity index (χ2v) is 8.16. The number of fused-ring (bicyclic) bond motifs is 3. The van der Waals surface area contributed by atoms with Gasteiger partial charge in [-0.05, 0) is 37.1 Å². The van der Waals surface area contributed by atoms with Crippen molar-refractivity contribution in [2.24, 2.45) is 17.0 Å². The highest BCUT2D eigenvalue weighted by atomic mass is 16.6. The third-order valence-corrected chi connectivity index (χ3v) is 6.42. The number of piperidine rings is 1. The molecule has 4 N–H and O–H groups in total. The number of benzene rings is 2. The van der Waals surface area contributed by atoms with Gasteiger partial charge in [-0.25, -0.2) is 0 Å². The normalized spacial score (nSPS) is 29.3. The topological polar surface area (TPSA) is 86.8 Å². The van der Waals surface area contributed by atoms with Crippen molar-refractivity contribution in [3.05, 3.63) is 65.4 Å². The third kappa shape index (κ3) is 2.81. The lowest BCUT2D eigenvalue weighted by Gasteiger charge is -2.08. The molecule has 2 fully saturated rings. The average Bonchev–Trinajstić information content (AvgIpc) is 3.13. The van der Waals surface area contributed by atoms with Gasteiger partial charge < -0.3 is 26.1 Å². The SMILES string of the molecule is O=C1Nc2ccccc2/C1=C1/Nc2ccccc2/C1=N\OCCN[C@@H]1[C@@H]2CNC[C@@H]21. The van der Waals surface area contributed by atoms with E-state index in [1.54, 1.807) is 0 Å². The number of rotatable bonds is 5. The Balaban J connectivity index is 1.24. The van der Waals surface area contributed by atoms with Crippen LogP contribution in [0.4, 0.5) is 11.4 Å². The van der Waals surface area contributed by atoms with Gasteiger partial charge in [-0.2, -0.15) is 0 Å². The van der Waals surface area contributed by atoms with Gasteiger partial charge in [0.1, 0.15) is 12.3 Å². The molecular formula is C23H23N5O2. The Bertz CT molecular complexity index is 1080. The lowest BCUT2D eigenvalue weighted by atomic mass is 10.0. The van der Waals surface area contributed by atoms with Crippen LogP contribution in [-0.2, 0) is 9.63 Å². The summed E-state index contributed by atoms with van der Waals surface area (Å²) in [6.45, 7) is 3.49. The molecular weight excluding hydrogens is 378 g/mol. The van der Waals surface area contributed by atoms with E-state index in [9.17, 15) is 4.79 Å². The molecule has 1 amide bonds. The van der Waals surface area contributed by atoms with Gasteiger partial charge in [-0.15, -0.1) is 0 Å². The van der Waals surface area contributed by atoms with E-state index in [0.717, 1.165) is 54.0 Å². The van der Waals surface area contributed by atoms with Crippen LogP contribution < -0.4 is 21.3 Å². The van der Waals surface area contributed by atoms with E-state index in [-0.39, 0.29) is 5.91 Å². The van der Waals surface area contributed by atoms with Crippen LogP contribution >= 0.6 is 0 Å². The summed E-state index contributed by atoms with van der Waals surface area (Å²) in [5.74, 6) is 1.42. The molecule has 7 heteroatoms. The highest BCUT2D eigenvalue weighted by molar-refractivity contribution is 6.39. The number of carbonyl (C=O) groups excluding carboxylic acids is 1. The number of oxime groups is 1. The summed E-state index contributed by atoms with van der Waals surface area (Å²) in [5.41, 5.74) is 5.51.